The van der Waals surface area contributed by atoms with Crippen molar-refractivity contribution in [1.82, 2.24) is 5.32 Å². The molecular weight excluding hydrogens is 365 g/mol. The molecule has 6 heteroatoms. The smallest absolute Gasteiger partial charge is 0.251 e. The quantitative estimate of drug-likeness (QED) is 0.705. The van der Waals surface area contributed by atoms with E-state index in [-0.39, 0.29) is 28.9 Å². The number of carbonyl (C=O) groups excluding carboxylic acids is 1. The van der Waals surface area contributed by atoms with Crippen LogP contribution < -0.4 is 5.32 Å². The summed E-state index contributed by atoms with van der Waals surface area (Å²) in [5.41, 5.74) is 1.82. The van der Waals surface area contributed by atoms with Crippen molar-refractivity contribution in [3.63, 3.8) is 0 Å². The van der Waals surface area contributed by atoms with Crippen LogP contribution in [0.4, 0.5) is 4.39 Å². The van der Waals surface area contributed by atoms with Gasteiger partial charge in [-0.2, -0.15) is 0 Å². The van der Waals surface area contributed by atoms with Crippen LogP contribution in [0.1, 0.15) is 21.5 Å². The van der Waals surface area contributed by atoms with Crippen molar-refractivity contribution in [3.05, 3.63) is 101 Å². The van der Waals surface area contributed by atoms with E-state index in [1.165, 1.54) is 12.1 Å². The number of rotatable bonds is 6. The molecule has 3 aromatic rings. The van der Waals surface area contributed by atoms with E-state index in [9.17, 15) is 17.6 Å². The Kier molecular flexibility index (Phi) is 5.66. The largest absolute Gasteiger partial charge is 0.348 e. The number of hydrogen-bond acceptors (Lipinski definition) is 3. The summed E-state index contributed by atoms with van der Waals surface area (Å²) in [6.07, 6.45) is 0. The third-order valence-electron chi connectivity index (χ3n) is 4.04. The summed E-state index contributed by atoms with van der Waals surface area (Å²) in [5, 5.41) is 2.75. The molecule has 1 amide bonds. The van der Waals surface area contributed by atoms with E-state index in [0.29, 0.717) is 11.1 Å². The maximum atomic E-state index is 12.9. The van der Waals surface area contributed by atoms with E-state index in [0.717, 1.165) is 5.56 Å². The molecule has 0 aromatic heterocycles. The molecule has 0 fully saturated rings. The Labute approximate surface area is 157 Å². The lowest BCUT2D eigenvalue weighted by molar-refractivity contribution is 0.0951. The van der Waals surface area contributed by atoms with Crippen molar-refractivity contribution < 1.29 is 17.6 Å². The van der Waals surface area contributed by atoms with Gasteiger partial charge >= 0.3 is 0 Å². The van der Waals surface area contributed by atoms with Crippen LogP contribution in [-0.4, -0.2) is 14.3 Å². The lowest BCUT2D eigenvalue weighted by atomic mass is 10.1. The minimum absolute atomic E-state index is 0.130. The van der Waals surface area contributed by atoms with Crippen molar-refractivity contribution in [2.45, 2.75) is 17.2 Å². The fourth-order valence-corrected chi connectivity index (χ4v) is 3.94. The first-order chi connectivity index (χ1) is 12.9. The summed E-state index contributed by atoms with van der Waals surface area (Å²) in [4.78, 5) is 12.5. The number of amides is 1. The topological polar surface area (TPSA) is 63.2 Å². The average Bonchev–Trinajstić information content (AvgIpc) is 2.68. The van der Waals surface area contributed by atoms with Gasteiger partial charge in [-0.3, -0.25) is 4.79 Å². The number of nitrogens with one attached hydrogen (secondary N) is 1. The minimum atomic E-state index is -3.43. The molecule has 0 aliphatic rings. The first-order valence-electron chi connectivity index (χ1n) is 8.33. The van der Waals surface area contributed by atoms with Gasteiger partial charge in [-0.15, -0.1) is 0 Å². The summed E-state index contributed by atoms with van der Waals surface area (Å²) in [7, 11) is -3.43. The molecule has 0 atom stereocenters. The lowest BCUT2D eigenvalue weighted by Crippen LogP contribution is -2.22. The van der Waals surface area contributed by atoms with E-state index in [2.05, 4.69) is 5.32 Å². The highest BCUT2D eigenvalue weighted by Crippen LogP contribution is 2.16. The highest BCUT2D eigenvalue weighted by molar-refractivity contribution is 7.90. The number of benzene rings is 3. The zero-order valence-corrected chi connectivity index (χ0v) is 15.2. The molecule has 0 aliphatic carbocycles. The van der Waals surface area contributed by atoms with Gasteiger partial charge in [0.05, 0.1) is 10.6 Å². The van der Waals surface area contributed by atoms with Gasteiger partial charge in [-0.05, 0) is 47.5 Å². The van der Waals surface area contributed by atoms with Gasteiger partial charge in [0.1, 0.15) is 5.82 Å². The van der Waals surface area contributed by atoms with Crippen molar-refractivity contribution in [3.8, 4) is 0 Å². The van der Waals surface area contributed by atoms with Crippen LogP contribution in [0.15, 0.2) is 83.8 Å². The molecule has 0 radical (unpaired) electrons. The third-order valence-corrected chi connectivity index (χ3v) is 5.75. The van der Waals surface area contributed by atoms with Gasteiger partial charge in [0, 0.05) is 12.1 Å². The highest BCUT2D eigenvalue weighted by atomic mass is 32.2. The van der Waals surface area contributed by atoms with Gasteiger partial charge in [0.2, 0.25) is 0 Å². The Bertz CT molecular complexity index is 1020. The molecule has 0 heterocycles. The van der Waals surface area contributed by atoms with Gasteiger partial charge in [0.25, 0.3) is 5.91 Å². The molecule has 3 rings (SSSR count). The Morgan fingerprint density at radius 2 is 1.41 bits per heavy atom. The maximum absolute atomic E-state index is 12.9. The molecule has 0 spiro atoms. The van der Waals surface area contributed by atoms with Crippen LogP contribution in [0.25, 0.3) is 0 Å². The Hall–Kier alpha value is -2.99. The molecule has 4 nitrogen and oxygen atoms in total. The van der Waals surface area contributed by atoms with Gasteiger partial charge in [0.15, 0.2) is 9.84 Å². The second kappa shape index (κ2) is 8.14. The molecule has 138 valence electrons. The molecule has 0 saturated carbocycles. The van der Waals surface area contributed by atoms with Crippen LogP contribution in [0, 0.1) is 5.82 Å². The standard InChI is InChI=1S/C21H18FNO3S/c22-19-12-8-16(9-13-19)14-23-21(24)18-10-6-17(7-11-18)15-27(25,26)20-4-2-1-3-5-20/h1-13H,14-15H2,(H,23,24). The SMILES string of the molecule is O=C(NCc1ccc(F)cc1)c1ccc(CS(=O)(=O)c2ccccc2)cc1. The fourth-order valence-electron chi connectivity index (χ4n) is 2.57. The lowest BCUT2D eigenvalue weighted by Gasteiger charge is -2.07. The summed E-state index contributed by atoms with van der Waals surface area (Å²) < 4.78 is 37.7. The zero-order valence-electron chi connectivity index (χ0n) is 14.4. The summed E-state index contributed by atoms with van der Waals surface area (Å²) >= 11 is 0. The van der Waals surface area contributed by atoms with Gasteiger partial charge in [-0.25, -0.2) is 12.8 Å². The molecule has 27 heavy (non-hydrogen) atoms. The number of carbonyl (C=O) groups is 1. The normalized spacial score (nSPS) is 11.1. The van der Waals surface area contributed by atoms with Gasteiger partial charge in [-0.1, -0.05) is 42.5 Å². The van der Waals surface area contributed by atoms with E-state index in [1.807, 2.05) is 0 Å². The van der Waals surface area contributed by atoms with Crippen molar-refractivity contribution in [2.75, 3.05) is 0 Å². The highest BCUT2D eigenvalue weighted by Gasteiger charge is 2.15. The number of sulfone groups is 1. The van der Waals surface area contributed by atoms with E-state index < -0.39 is 9.84 Å². The molecule has 0 unspecified atom stereocenters. The van der Waals surface area contributed by atoms with Crippen molar-refractivity contribution in [2.24, 2.45) is 0 Å². The Morgan fingerprint density at radius 3 is 2.04 bits per heavy atom. The summed E-state index contributed by atoms with van der Waals surface area (Å²) in [6, 6.07) is 20.6. The van der Waals surface area contributed by atoms with Crippen LogP contribution in [0.5, 0.6) is 0 Å². The minimum Gasteiger partial charge on any atom is -0.348 e. The monoisotopic (exact) mass is 383 g/mol. The molecule has 3 aromatic carbocycles. The van der Waals surface area contributed by atoms with Crippen LogP contribution in [0.3, 0.4) is 0 Å². The Balaban J connectivity index is 1.62. The number of halogens is 1. The van der Waals surface area contributed by atoms with Crippen LogP contribution >= 0.6 is 0 Å². The van der Waals surface area contributed by atoms with E-state index in [4.69, 9.17) is 0 Å². The number of hydrogen-bond donors (Lipinski definition) is 1. The second-order valence-electron chi connectivity index (χ2n) is 6.08. The maximum Gasteiger partial charge on any atom is 0.251 e. The zero-order chi connectivity index (χ0) is 19.3. The second-order valence-corrected chi connectivity index (χ2v) is 8.07. The first-order valence-corrected chi connectivity index (χ1v) is 9.99. The molecular formula is C21H18FNO3S. The van der Waals surface area contributed by atoms with Crippen molar-refractivity contribution in [1.29, 1.82) is 0 Å². The predicted octanol–water partition coefficient (Wildman–Crippen LogP) is 3.73. The fraction of sp³-hybridized carbons (Fsp3) is 0.0952. The molecule has 0 aliphatic heterocycles. The van der Waals surface area contributed by atoms with E-state index >= 15 is 0 Å². The summed E-state index contributed by atoms with van der Waals surface area (Å²) in [5.74, 6) is -0.739. The molecule has 0 saturated heterocycles. The first kappa shape index (κ1) is 18.8. The summed E-state index contributed by atoms with van der Waals surface area (Å²) in [6.45, 7) is 0.281. The van der Waals surface area contributed by atoms with E-state index in [1.54, 1.807) is 66.7 Å². The van der Waals surface area contributed by atoms with Crippen molar-refractivity contribution >= 4 is 15.7 Å². The van der Waals surface area contributed by atoms with Gasteiger partial charge < -0.3 is 5.32 Å². The molecule has 0 bridgehead atoms. The van der Waals surface area contributed by atoms with Crippen LogP contribution in [-0.2, 0) is 22.1 Å². The third kappa shape index (κ3) is 5.01. The van der Waals surface area contributed by atoms with Crippen LogP contribution in [0.2, 0.25) is 0 Å². The molecule has 1 N–H and O–H groups in total. The average molecular weight is 383 g/mol. The Morgan fingerprint density at radius 1 is 0.815 bits per heavy atom. The predicted molar refractivity (Wildman–Crippen MR) is 101 cm³/mol.